The van der Waals surface area contributed by atoms with E-state index in [0.29, 0.717) is 21.9 Å². The number of benzene rings is 1. The fourth-order valence-electron chi connectivity index (χ4n) is 3.79. The summed E-state index contributed by atoms with van der Waals surface area (Å²) in [7, 11) is 0. The van der Waals surface area contributed by atoms with E-state index in [1.54, 1.807) is 12.3 Å². The van der Waals surface area contributed by atoms with Crippen LogP contribution in [0.25, 0.3) is 16.7 Å². The van der Waals surface area contributed by atoms with Gasteiger partial charge < -0.3 is 9.80 Å². The predicted octanol–water partition coefficient (Wildman–Crippen LogP) is 2.73. The zero-order valence-corrected chi connectivity index (χ0v) is 18.9. The van der Waals surface area contributed by atoms with Crippen LogP contribution in [0.2, 0.25) is 0 Å². The fraction of sp³-hybridized carbons (Fsp3) is 0.391. The Morgan fingerprint density at radius 2 is 1.90 bits per heavy atom. The molecule has 1 fully saturated rings. The number of carbonyl (C=O) groups is 1. The van der Waals surface area contributed by atoms with Crippen LogP contribution in [-0.2, 0) is 4.79 Å². The molecule has 162 valence electrons. The van der Waals surface area contributed by atoms with Gasteiger partial charge in [0.25, 0.3) is 5.56 Å². The van der Waals surface area contributed by atoms with E-state index in [9.17, 15) is 9.59 Å². The topological polar surface area (TPSA) is 71.3 Å². The largest absolute Gasteiger partial charge is 0.339 e. The molecule has 0 radical (unpaired) electrons. The van der Waals surface area contributed by atoms with Crippen LogP contribution in [0.1, 0.15) is 19.4 Å². The summed E-state index contributed by atoms with van der Waals surface area (Å²) in [6.45, 7) is 10.2. The number of para-hydroxylation sites is 1. The minimum atomic E-state index is -0.364. The van der Waals surface area contributed by atoms with Gasteiger partial charge in [0.05, 0.1) is 16.2 Å². The summed E-state index contributed by atoms with van der Waals surface area (Å²) >= 11 is 1.32. The van der Waals surface area contributed by atoms with E-state index in [0.717, 1.165) is 38.3 Å². The Hall–Kier alpha value is -2.71. The molecule has 1 atom stereocenters. The first-order valence-corrected chi connectivity index (χ1v) is 11.5. The van der Waals surface area contributed by atoms with Crippen molar-refractivity contribution in [2.45, 2.75) is 31.2 Å². The second-order valence-corrected chi connectivity index (χ2v) is 9.07. The van der Waals surface area contributed by atoms with Crippen molar-refractivity contribution in [3.63, 3.8) is 0 Å². The monoisotopic (exact) mass is 437 g/mol. The van der Waals surface area contributed by atoms with Crippen LogP contribution in [0.3, 0.4) is 0 Å². The Morgan fingerprint density at radius 3 is 2.61 bits per heavy atom. The number of aryl methyl sites for hydroxylation is 1. The molecule has 1 aliphatic rings. The lowest BCUT2D eigenvalue weighted by molar-refractivity contribution is -0.132. The highest BCUT2D eigenvalue weighted by molar-refractivity contribution is 8.00. The smallest absolute Gasteiger partial charge is 0.267 e. The van der Waals surface area contributed by atoms with Gasteiger partial charge in [0, 0.05) is 32.4 Å². The number of nitrogens with zero attached hydrogens (tertiary/aromatic N) is 5. The standard InChI is InChI=1S/C23H27N5O2S/c1-4-26-11-13-27(14-12-26)21(29)17(3)31-23-25-19-8-6-5-7-18(19)22(30)28(23)20-15-16(2)9-10-24-20/h5-10,15,17H,4,11-14H2,1-3H3. The number of rotatable bonds is 5. The molecule has 1 saturated heterocycles. The number of pyridine rings is 1. The van der Waals surface area contributed by atoms with Gasteiger partial charge >= 0.3 is 0 Å². The third-order valence-electron chi connectivity index (χ3n) is 5.64. The highest BCUT2D eigenvalue weighted by atomic mass is 32.2. The van der Waals surface area contributed by atoms with E-state index in [1.807, 2.05) is 49.1 Å². The van der Waals surface area contributed by atoms with Crippen molar-refractivity contribution in [2.24, 2.45) is 0 Å². The van der Waals surface area contributed by atoms with Crippen molar-refractivity contribution in [1.82, 2.24) is 24.3 Å². The Balaban J connectivity index is 1.69. The third kappa shape index (κ3) is 4.50. The van der Waals surface area contributed by atoms with Crippen LogP contribution < -0.4 is 5.56 Å². The summed E-state index contributed by atoms with van der Waals surface area (Å²) in [5, 5.41) is 0.650. The molecule has 0 N–H and O–H groups in total. The average molecular weight is 438 g/mol. The third-order valence-corrected chi connectivity index (χ3v) is 6.68. The zero-order chi connectivity index (χ0) is 22.0. The molecule has 1 unspecified atom stereocenters. The summed E-state index contributed by atoms with van der Waals surface area (Å²) < 4.78 is 1.53. The van der Waals surface area contributed by atoms with Crippen molar-refractivity contribution >= 4 is 28.6 Å². The molecule has 3 heterocycles. The number of thioether (sulfide) groups is 1. The Bertz CT molecular complexity index is 1150. The minimum Gasteiger partial charge on any atom is -0.339 e. The molecule has 2 aromatic heterocycles. The molecular formula is C23H27N5O2S. The number of aromatic nitrogens is 3. The van der Waals surface area contributed by atoms with Crippen LogP contribution in [0.15, 0.2) is 52.5 Å². The normalized spacial score (nSPS) is 15.9. The summed E-state index contributed by atoms with van der Waals surface area (Å²) in [5.74, 6) is 0.592. The zero-order valence-electron chi connectivity index (χ0n) is 18.1. The highest BCUT2D eigenvalue weighted by Gasteiger charge is 2.27. The van der Waals surface area contributed by atoms with E-state index in [2.05, 4.69) is 16.8 Å². The molecule has 0 bridgehead atoms. The first kappa shape index (κ1) is 21.5. The van der Waals surface area contributed by atoms with E-state index in [4.69, 9.17) is 4.98 Å². The van der Waals surface area contributed by atoms with Crippen molar-refractivity contribution in [1.29, 1.82) is 0 Å². The quantitative estimate of drug-likeness (QED) is 0.452. The molecule has 7 nitrogen and oxygen atoms in total. The number of carbonyl (C=O) groups excluding carboxylic acids is 1. The van der Waals surface area contributed by atoms with Gasteiger partial charge in [-0.3, -0.25) is 9.59 Å². The number of amides is 1. The molecule has 31 heavy (non-hydrogen) atoms. The van der Waals surface area contributed by atoms with E-state index >= 15 is 0 Å². The Morgan fingerprint density at radius 1 is 1.16 bits per heavy atom. The lowest BCUT2D eigenvalue weighted by atomic mass is 10.2. The molecule has 0 saturated carbocycles. The molecule has 1 aromatic carbocycles. The lowest BCUT2D eigenvalue weighted by Gasteiger charge is -2.35. The predicted molar refractivity (Wildman–Crippen MR) is 124 cm³/mol. The van der Waals surface area contributed by atoms with Crippen molar-refractivity contribution in [3.8, 4) is 5.82 Å². The van der Waals surface area contributed by atoms with Gasteiger partial charge in [-0.25, -0.2) is 14.5 Å². The van der Waals surface area contributed by atoms with Crippen LogP contribution in [0.5, 0.6) is 0 Å². The van der Waals surface area contributed by atoms with Gasteiger partial charge in [0.15, 0.2) is 5.16 Å². The van der Waals surface area contributed by atoms with Crippen LogP contribution >= 0.6 is 11.8 Å². The maximum Gasteiger partial charge on any atom is 0.267 e. The first-order chi connectivity index (χ1) is 15.0. The van der Waals surface area contributed by atoms with Gasteiger partial charge in [-0.05, 0) is 50.2 Å². The van der Waals surface area contributed by atoms with Crippen molar-refractivity contribution in [2.75, 3.05) is 32.7 Å². The molecule has 0 aliphatic carbocycles. The van der Waals surface area contributed by atoms with Gasteiger partial charge in [-0.1, -0.05) is 30.8 Å². The highest BCUT2D eigenvalue weighted by Crippen LogP contribution is 2.26. The molecule has 4 rings (SSSR count). The molecule has 8 heteroatoms. The van der Waals surface area contributed by atoms with E-state index < -0.39 is 0 Å². The second kappa shape index (κ2) is 9.20. The number of piperazine rings is 1. The van der Waals surface area contributed by atoms with E-state index in [-0.39, 0.29) is 16.7 Å². The average Bonchev–Trinajstić information content (AvgIpc) is 2.79. The molecule has 1 amide bonds. The minimum absolute atomic E-state index is 0.0758. The summed E-state index contributed by atoms with van der Waals surface area (Å²) in [5.41, 5.74) is 1.44. The maximum absolute atomic E-state index is 13.4. The number of likely N-dealkylation sites (N-methyl/N-ethyl adjacent to an activating group) is 1. The van der Waals surface area contributed by atoms with Gasteiger partial charge in [0.2, 0.25) is 5.91 Å². The lowest BCUT2D eigenvalue weighted by Crippen LogP contribution is -2.50. The number of fused-ring (bicyclic) bond motifs is 1. The number of hydrogen-bond donors (Lipinski definition) is 0. The first-order valence-electron chi connectivity index (χ1n) is 10.6. The maximum atomic E-state index is 13.4. The summed E-state index contributed by atoms with van der Waals surface area (Å²) in [6.07, 6.45) is 1.68. The SMILES string of the molecule is CCN1CCN(C(=O)C(C)Sc2nc3ccccc3c(=O)n2-c2cc(C)ccn2)CC1. The van der Waals surface area contributed by atoms with E-state index in [1.165, 1.54) is 16.3 Å². The van der Waals surface area contributed by atoms with Crippen LogP contribution in [0, 0.1) is 6.92 Å². The Kier molecular flexibility index (Phi) is 6.38. The summed E-state index contributed by atoms with van der Waals surface area (Å²) in [4.78, 5) is 39.9. The van der Waals surface area contributed by atoms with Crippen LogP contribution in [0.4, 0.5) is 0 Å². The number of hydrogen-bond acceptors (Lipinski definition) is 6. The molecule has 0 spiro atoms. The fourth-order valence-corrected chi connectivity index (χ4v) is 4.79. The van der Waals surface area contributed by atoms with Crippen molar-refractivity contribution in [3.05, 3.63) is 58.5 Å². The second-order valence-electron chi connectivity index (χ2n) is 7.76. The summed E-state index contributed by atoms with van der Waals surface area (Å²) in [6, 6.07) is 11.0. The van der Waals surface area contributed by atoms with Gasteiger partial charge in [-0.15, -0.1) is 0 Å². The van der Waals surface area contributed by atoms with Gasteiger partial charge in [0.1, 0.15) is 5.82 Å². The van der Waals surface area contributed by atoms with Gasteiger partial charge in [-0.2, -0.15) is 0 Å². The van der Waals surface area contributed by atoms with Crippen molar-refractivity contribution < 1.29 is 4.79 Å². The molecule has 1 aliphatic heterocycles. The Labute approximate surface area is 186 Å². The molecular weight excluding hydrogens is 410 g/mol. The van der Waals surface area contributed by atoms with Crippen LogP contribution in [-0.4, -0.2) is 68.2 Å². The molecule has 3 aromatic rings.